The van der Waals surface area contributed by atoms with Gasteiger partial charge in [-0.3, -0.25) is 0 Å². The van der Waals surface area contributed by atoms with E-state index >= 15 is 0 Å². The molecule has 2 aliphatic heterocycles. The molecule has 2 aliphatic rings. The minimum Gasteiger partial charge on any atom is -0.389 e. The first-order valence-electron chi connectivity index (χ1n) is 11.4. The standard InChI is InChI=1S/C22H40O12/c1-6-9(2)11(23)7-13(22(4,5)30)34-21-19(29)17(27)15(25)12(33-21)8-31-20-18(28)16(26)14(24)10(3)32-20/h6,10-21,23-30H,7-8H2,1-5H3/b9-6+/t10-,11?,12+,13?,14-,15+,16+,17-,18+,19+,20+,21+/m0/s1. The fraction of sp³-hybridized carbons (Fsp3) is 0.909. The molecule has 0 spiro atoms. The maximum Gasteiger partial charge on any atom is 0.187 e. The predicted octanol–water partition coefficient (Wildman–Crippen LogP) is -2.49. The Balaban J connectivity index is 2.09. The van der Waals surface area contributed by atoms with Crippen molar-refractivity contribution in [3.8, 4) is 0 Å². The van der Waals surface area contributed by atoms with Gasteiger partial charge < -0.3 is 59.8 Å². The molecule has 0 radical (unpaired) electrons. The number of aliphatic hydroxyl groups excluding tert-OH is 7. The predicted molar refractivity (Wildman–Crippen MR) is 116 cm³/mol. The molecule has 0 bridgehead atoms. The van der Waals surface area contributed by atoms with Crippen LogP contribution in [-0.2, 0) is 18.9 Å². The lowest BCUT2D eigenvalue weighted by molar-refractivity contribution is -0.340. The molecule has 0 aliphatic carbocycles. The molecule has 0 aromatic heterocycles. The summed E-state index contributed by atoms with van der Waals surface area (Å²) in [5.41, 5.74) is -0.810. The zero-order chi connectivity index (χ0) is 26.0. The van der Waals surface area contributed by atoms with Gasteiger partial charge in [-0.1, -0.05) is 6.08 Å². The summed E-state index contributed by atoms with van der Waals surface area (Å²) in [7, 11) is 0. The SMILES string of the molecule is C/C=C(\C)C(O)CC(O[C@H]1O[C@H](CO[C@@H]2O[C@@H](C)[C@H](O)[C@@H](O)[C@H]2O)[C@@H](O)[C@H](O)[C@H]1O)C(C)(C)O. The lowest BCUT2D eigenvalue weighted by atomic mass is 9.93. The van der Waals surface area contributed by atoms with Crippen LogP contribution in [0.2, 0.25) is 0 Å². The van der Waals surface area contributed by atoms with E-state index < -0.39 is 85.8 Å². The monoisotopic (exact) mass is 496 g/mol. The third-order valence-corrected chi connectivity index (χ3v) is 6.41. The average Bonchev–Trinajstić information content (AvgIpc) is 2.78. The van der Waals surface area contributed by atoms with Gasteiger partial charge in [-0.2, -0.15) is 0 Å². The van der Waals surface area contributed by atoms with E-state index in [0.717, 1.165) is 0 Å². The van der Waals surface area contributed by atoms with Crippen LogP contribution in [0.1, 0.15) is 41.0 Å². The summed E-state index contributed by atoms with van der Waals surface area (Å²) >= 11 is 0. The highest BCUT2D eigenvalue weighted by Crippen LogP contribution is 2.29. The highest BCUT2D eigenvalue weighted by molar-refractivity contribution is 5.04. The van der Waals surface area contributed by atoms with Crippen LogP contribution in [0.25, 0.3) is 0 Å². The second-order valence-electron chi connectivity index (χ2n) is 9.59. The van der Waals surface area contributed by atoms with Crippen molar-refractivity contribution in [3.63, 3.8) is 0 Å². The molecule has 8 N–H and O–H groups in total. The Morgan fingerprint density at radius 3 is 2.03 bits per heavy atom. The minimum atomic E-state index is -1.69. The highest BCUT2D eigenvalue weighted by Gasteiger charge is 2.48. The van der Waals surface area contributed by atoms with E-state index in [4.69, 9.17) is 18.9 Å². The molecule has 200 valence electrons. The molecule has 12 atom stereocenters. The molecule has 2 fully saturated rings. The first kappa shape index (κ1) is 29.5. The summed E-state index contributed by atoms with van der Waals surface area (Å²) < 4.78 is 22.1. The second kappa shape index (κ2) is 12.0. The zero-order valence-corrected chi connectivity index (χ0v) is 20.1. The number of hydrogen-bond donors (Lipinski definition) is 8. The molecule has 0 aromatic carbocycles. The summed E-state index contributed by atoms with van der Waals surface area (Å²) in [6.45, 7) is 7.42. The van der Waals surface area contributed by atoms with Gasteiger partial charge in [0.05, 0.1) is 30.5 Å². The molecule has 12 nitrogen and oxygen atoms in total. The van der Waals surface area contributed by atoms with Crippen LogP contribution in [0.3, 0.4) is 0 Å². The molecule has 2 unspecified atom stereocenters. The normalized spacial score (nSPS) is 41.9. The average molecular weight is 497 g/mol. The van der Waals surface area contributed by atoms with Gasteiger partial charge in [0, 0.05) is 6.42 Å². The van der Waals surface area contributed by atoms with Crippen LogP contribution in [0.15, 0.2) is 11.6 Å². The Hall–Kier alpha value is -0.740. The third-order valence-electron chi connectivity index (χ3n) is 6.41. The fourth-order valence-electron chi connectivity index (χ4n) is 3.76. The number of hydrogen-bond acceptors (Lipinski definition) is 12. The fourth-order valence-corrected chi connectivity index (χ4v) is 3.76. The van der Waals surface area contributed by atoms with Gasteiger partial charge in [-0.25, -0.2) is 0 Å². The number of ether oxygens (including phenoxy) is 4. The van der Waals surface area contributed by atoms with E-state index in [0.29, 0.717) is 5.57 Å². The summed E-state index contributed by atoms with van der Waals surface area (Å²) in [6, 6.07) is 0. The lowest BCUT2D eigenvalue weighted by Gasteiger charge is -2.44. The van der Waals surface area contributed by atoms with Gasteiger partial charge in [0.2, 0.25) is 0 Å². The topological polar surface area (TPSA) is 199 Å². The zero-order valence-electron chi connectivity index (χ0n) is 20.1. The van der Waals surface area contributed by atoms with Crippen LogP contribution in [0.4, 0.5) is 0 Å². The smallest absolute Gasteiger partial charge is 0.187 e. The molecular weight excluding hydrogens is 456 g/mol. The maximum atomic E-state index is 10.5. The van der Waals surface area contributed by atoms with Gasteiger partial charge in [0.25, 0.3) is 0 Å². The maximum absolute atomic E-state index is 10.5. The van der Waals surface area contributed by atoms with Crippen LogP contribution in [-0.4, -0.2) is 127 Å². The molecule has 0 aromatic rings. The largest absolute Gasteiger partial charge is 0.389 e. The van der Waals surface area contributed by atoms with E-state index in [-0.39, 0.29) is 6.42 Å². The van der Waals surface area contributed by atoms with Crippen LogP contribution in [0, 0.1) is 0 Å². The summed E-state index contributed by atoms with van der Waals surface area (Å²) in [5, 5.41) is 81.8. The van der Waals surface area contributed by atoms with Gasteiger partial charge >= 0.3 is 0 Å². The van der Waals surface area contributed by atoms with E-state index in [1.165, 1.54) is 20.8 Å². The number of aliphatic hydroxyl groups is 8. The Labute approximate surface area is 199 Å². The van der Waals surface area contributed by atoms with Crippen molar-refractivity contribution in [2.45, 2.75) is 120 Å². The molecule has 2 rings (SSSR count). The van der Waals surface area contributed by atoms with E-state index in [1.807, 2.05) is 0 Å². The summed E-state index contributed by atoms with van der Waals surface area (Å²) in [4.78, 5) is 0. The highest BCUT2D eigenvalue weighted by atomic mass is 16.7. The van der Waals surface area contributed by atoms with E-state index in [9.17, 15) is 40.9 Å². The first-order valence-corrected chi connectivity index (χ1v) is 11.4. The van der Waals surface area contributed by atoms with Crippen molar-refractivity contribution < 1.29 is 59.8 Å². The second-order valence-corrected chi connectivity index (χ2v) is 9.59. The summed E-state index contributed by atoms with van der Waals surface area (Å²) in [5.74, 6) is 0. The molecule has 12 heteroatoms. The van der Waals surface area contributed by atoms with Crippen molar-refractivity contribution in [2.75, 3.05) is 6.61 Å². The molecule has 0 amide bonds. The minimum absolute atomic E-state index is 0.0354. The van der Waals surface area contributed by atoms with Crippen LogP contribution >= 0.6 is 0 Å². The molecular formula is C22H40O12. The van der Waals surface area contributed by atoms with Crippen LogP contribution < -0.4 is 0 Å². The van der Waals surface area contributed by atoms with Crippen molar-refractivity contribution >= 4 is 0 Å². The third kappa shape index (κ3) is 6.93. The van der Waals surface area contributed by atoms with Crippen molar-refractivity contribution in [1.29, 1.82) is 0 Å². The summed E-state index contributed by atoms with van der Waals surface area (Å²) in [6.07, 6.45) is -14.6. The van der Waals surface area contributed by atoms with Crippen molar-refractivity contribution in [3.05, 3.63) is 11.6 Å². The first-order chi connectivity index (χ1) is 15.7. The molecule has 2 saturated heterocycles. The Bertz CT molecular complexity index is 667. The Kier molecular flexibility index (Phi) is 10.4. The van der Waals surface area contributed by atoms with Gasteiger partial charge in [-0.15, -0.1) is 0 Å². The molecule has 34 heavy (non-hydrogen) atoms. The van der Waals surface area contributed by atoms with E-state index in [2.05, 4.69) is 0 Å². The lowest BCUT2D eigenvalue weighted by Crippen LogP contribution is -2.62. The van der Waals surface area contributed by atoms with E-state index in [1.54, 1.807) is 19.9 Å². The molecule has 2 heterocycles. The number of rotatable bonds is 9. The Morgan fingerprint density at radius 1 is 0.912 bits per heavy atom. The Morgan fingerprint density at radius 2 is 1.47 bits per heavy atom. The van der Waals surface area contributed by atoms with Crippen LogP contribution in [0.5, 0.6) is 0 Å². The number of allylic oxidation sites excluding steroid dienone is 1. The molecule has 0 saturated carbocycles. The van der Waals surface area contributed by atoms with Gasteiger partial charge in [-0.05, 0) is 40.2 Å². The van der Waals surface area contributed by atoms with Crippen molar-refractivity contribution in [1.82, 2.24) is 0 Å². The van der Waals surface area contributed by atoms with Gasteiger partial charge in [0.15, 0.2) is 12.6 Å². The quantitative estimate of drug-likeness (QED) is 0.157. The van der Waals surface area contributed by atoms with Crippen molar-refractivity contribution in [2.24, 2.45) is 0 Å². The van der Waals surface area contributed by atoms with Gasteiger partial charge in [0.1, 0.15) is 42.7 Å².